The van der Waals surface area contributed by atoms with Gasteiger partial charge in [0.05, 0.1) is 20.6 Å². The van der Waals surface area contributed by atoms with Crippen LogP contribution in [0.15, 0.2) is 12.7 Å². The molecule has 0 aromatic rings. The smallest absolute Gasteiger partial charge is 0.329 e. The van der Waals surface area contributed by atoms with E-state index in [4.69, 9.17) is 0 Å². The summed E-state index contributed by atoms with van der Waals surface area (Å²) in [7, 11) is 2.74. The normalized spacial score (nSPS) is 15.9. The summed E-state index contributed by atoms with van der Waals surface area (Å²) >= 11 is 0. The van der Waals surface area contributed by atoms with E-state index in [0.29, 0.717) is 6.42 Å². The van der Waals surface area contributed by atoms with E-state index in [1.54, 1.807) is 0 Å². The molecule has 0 spiro atoms. The van der Waals surface area contributed by atoms with Crippen LogP contribution in [0.1, 0.15) is 19.3 Å². The third-order valence-corrected chi connectivity index (χ3v) is 2.88. The maximum Gasteiger partial charge on any atom is 0.329 e. The van der Waals surface area contributed by atoms with Gasteiger partial charge in [0.25, 0.3) is 0 Å². The highest BCUT2D eigenvalue weighted by molar-refractivity contribution is 5.80. The van der Waals surface area contributed by atoms with Gasteiger partial charge in [-0.05, 0) is 39.0 Å². The monoisotopic (exact) mass is 286 g/mol. The summed E-state index contributed by atoms with van der Waals surface area (Å²) in [4.78, 5) is 22.7. The Balaban J connectivity index is 0.000000305. The minimum absolute atomic E-state index is 0.105. The number of esters is 2. The van der Waals surface area contributed by atoms with Crippen LogP contribution in [0.5, 0.6) is 0 Å². The predicted octanol–water partition coefficient (Wildman–Crippen LogP) is 0.580. The lowest BCUT2D eigenvalue weighted by atomic mass is 10.2. The second-order valence-electron chi connectivity index (χ2n) is 4.35. The number of carbonyl (C=O) groups excluding carboxylic acids is 2. The lowest BCUT2D eigenvalue weighted by Crippen LogP contribution is -2.38. The summed E-state index contributed by atoms with van der Waals surface area (Å²) in [5, 5.41) is 3.11. The third kappa shape index (κ3) is 10.5. The summed E-state index contributed by atoms with van der Waals surface area (Å²) in [6, 6.07) is 0. The highest BCUT2D eigenvalue weighted by Crippen LogP contribution is 2.05. The van der Waals surface area contributed by atoms with E-state index in [1.165, 1.54) is 40.2 Å². The lowest BCUT2D eigenvalue weighted by Gasteiger charge is -2.29. The second kappa shape index (κ2) is 12.6. The van der Waals surface area contributed by atoms with Crippen LogP contribution in [-0.4, -0.2) is 63.8 Å². The number of nitrogens with zero attached hydrogens (tertiary/aromatic N) is 1. The van der Waals surface area contributed by atoms with Crippen LogP contribution in [0.2, 0.25) is 0 Å². The number of carbonyl (C=O) groups is 2. The molecule has 20 heavy (non-hydrogen) atoms. The molecule has 0 atom stereocenters. The van der Waals surface area contributed by atoms with Gasteiger partial charge >= 0.3 is 11.9 Å². The Morgan fingerprint density at radius 1 is 1.20 bits per heavy atom. The Bertz CT molecular complexity index is 283. The Morgan fingerprint density at radius 2 is 1.75 bits per heavy atom. The van der Waals surface area contributed by atoms with E-state index in [2.05, 4.69) is 26.3 Å². The molecule has 2 aliphatic rings. The van der Waals surface area contributed by atoms with Gasteiger partial charge in [-0.15, -0.1) is 0 Å². The highest BCUT2D eigenvalue weighted by atomic mass is 16.5. The number of hydrogen-bond donors (Lipinski definition) is 1. The number of ether oxygens (including phenoxy) is 2. The van der Waals surface area contributed by atoms with Crippen molar-refractivity contribution in [3.8, 4) is 0 Å². The number of methoxy groups -OCH3 is 2. The van der Waals surface area contributed by atoms with E-state index in [9.17, 15) is 9.59 Å². The first-order chi connectivity index (χ1) is 9.63. The summed E-state index contributed by atoms with van der Waals surface area (Å²) in [6.07, 6.45) is 4.32. The third-order valence-electron chi connectivity index (χ3n) is 2.88. The van der Waals surface area contributed by atoms with Gasteiger partial charge in [-0.1, -0.05) is 6.58 Å². The van der Waals surface area contributed by atoms with Gasteiger partial charge in [0, 0.05) is 12.6 Å². The van der Waals surface area contributed by atoms with Crippen molar-refractivity contribution >= 4 is 11.9 Å². The fraction of sp³-hybridized carbons (Fsp3) is 0.714. The molecule has 2 fully saturated rings. The molecule has 6 nitrogen and oxygen atoms in total. The maximum absolute atomic E-state index is 10.6. The molecule has 0 radical (unpaired) electrons. The van der Waals surface area contributed by atoms with Crippen molar-refractivity contribution in [3.63, 3.8) is 0 Å². The number of rotatable bonds is 4. The average molecular weight is 286 g/mol. The standard InChI is InChI=1S/C7H13NO2.C4H6O2.C3H7N/c1-10-7(9)3-6-8-4-2-5-8;1-3-4(5)6-2;1-2-4-3-1/h2-6H2,1H3;3H,1H2,2H3;4H,1-3H2. The fourth-order valence-corrected chi connectivity index (χ4v) is 1.22. The zero-order valence-electron chi connectivity index (χ0n) is 12.5. The van der Waals surface area contributed by atoms with Crippen molar-refractivity contribution < 1.29 is 19.1 Å². The highest BCUT2D eigenvalue weighted by Gasteiger charge is 2.14. The molecular weight excluding hydrogens is 260 g/mol. The van der Waals surface area contributed by atoms with Crippen LogP contribution >= 0.6 is 0 Å². The molecule has 0 aromatic carbocycles. The predicted molar refractivity (Wildman–Crippen MR) is 77.4 cm³/mol. The first-order valence-corrected chi connectivity index (χ1v) is 6.84. The minimum Gasteiger partial charge on any atom is -0.469 e. The van der Waals surface area contributed by atoms with Crippen LogP contribution in [-0.2, 0) is 19.1 Å². The first kappa shape index (κ1) is 18.6. The molecule has 2 aliphatic heterocycles. The van der Waals surface area contributed by atoms with E-state index >= 15 is 0 Å². The topological polar surface area (TPSA) is 67.9 Å². The van der Waals surface area contributed by atoms with Gasteiger partial charge in [0.1, 0.15) is 0 Å². The van der Waals surface area contributed by atoms with E-state index in [-0.39, 0.29) is 5.97 Å². The van der Waals surface area contributed by atoms with Gasteiger partial charge in [-0.2, -0.15) is 0 Å². The summed E-state index contributed by atoms with van der Waals surface area (Å²) in [6.45, 7) is 8.82. The van der Waals surface area contributed by atoms with Crippen LogP contribution in [0.3, 0.4) is 0 Å². The molecule has 0 amide bonds. The molecule has 1 N–H and O–H groups in total. The molecule has 6 heteroatoms. The molecule has 0 aliphatic carbocycles. The molecule has 0 bridgehead atoms. The van der Waals surface area contributed by atoms with E-state index in [0.717, 1.165) is 25.7 Å². The molecule has 116 valence electrons. The molecule has 0 unspecified atom stereocenters. The van der Waals surface area contributed by atoms with Crippen LogP contribution in [0, 0.1) is 0 Å². The van der Waals surface area contributed by atoms with Gasteiger partial charge in [-0.3, -0.25) is 4.79 Å². The van der Waals surface area contributed by atoms with Gasteiger partial charge in [0.15, 0.2) is 0 Å². The Hall–Kier alpha value is -1.40. The summed E-state index contributed by atoms with van der Waals surface area (Å²) < 4.78 is 8.65. The van der Waals surface area contributed by atoms with Crippen LogP contribution < -0.4 is 5.32 Å². The lowest BCUT2D eigenvalue weighted by molar-refractivity contribution is -0.141. The summed E-state index contributed by atoms with van der Waals surface area (Å²) in [5.41, 5.74) is 0. The quantitative estimate of drug-likeness (QED) is 0.602. The number of hydrogen-bond acceptors (Lipinski definition) is 6. The molecular formula is C14H26N2O4. The van der Waals surface area contributed by atoms with Gasteiger partial charge in [0.2, 0.25) is 0 Å². The van der Waals surface area contributed by atoms with Crippen molar-refractivity contribution in [2.45, 2.75) is 19.3 Å². The SMILES string of the molecule is C1CNC1.C=CC(=O)OC.COC(=O)CCN1CCC1. The molecule has 0 aromatic heterocycles. The number of nitrogens with one attached hydrogen (secondary N) is 1. The van der Waals surface area contributed by atoms with Crippen molar-refractivity contribution in [3.05, 3.63) is 12.7 Å². The number of likely N-dealkylation sites (tertiary alicyclic amines) is 1. The van der Waals surface area contributed by atoms with E-state index < -0.39 is 5.97 Å². The van der Waals surface area contributed by atoms with Gasteiger partial charge in [-0.25, -0.2) is 4.79 Å². The Kier molecular flexibility index (Phi) is 11.7. The molecule has 2 saturated heterocycles. The Morgan fingerprint density at radius 3 is 1.95 bits per heavy atom. The van der Waals surface area contributed by atoms with Crippen molar-refractivity contribution in [2.24, 2.45) is 0 Å². The Labute approximate surface area is 121 Å². The molecule has 2 rings (SSSR count). The summed E-state index contributed by atoms with van der Waals surface area (Å²) in [5.74, 6) is -0.498. The minimum atomic E-state index is -0.394. The zero-order chi connectivity index (χ0) is 15.2. The fourth-order valence-electron chi connectivity index (χ4n) is 1.22. The van der Waals surface area contributed by atoms with Crippen LogP contribution in [0.25, 0.3) is 0 Å². The van der Waals surface area contributed by atoms with Crippen molar-refractivity contribution in [1.29, 1.82) is 0 Å². The van der Waals surface area contributed by atoms with E-state index in [1.807, 2.05) is 0 Å². The van der Waals surface area contributed by atoms with Gasteiger partial charge < -0.3 is 19.7 Å². The van der Waals surface area contributed by atoms with Crippen molar-refractivity contribution in [1.82, 2.24) is 10.2 Å². The second-order valence-corrected chi connectivity index (χ2v) is 4.35. The largest absolute Gasteiger partial charge is 0.469 e. The maximum atomic E-state index is 10.6. The average Bonchev–Trinajstić information content (AvgIpc) is 2.34. The van der Waals surface area contributed by atoms with Crippen LogP contribution in [0.4, 0.5) is 0 Å². The molecule has 0 saturated carbocycles. The van der Waals surface area contributed by atoms with Crippen molar-refractivity contribution in [2.75, 3.05) is 46.9 Å². The molecule has 2 heterocycles. The zero-order valence-corrected chi connectivity index (χ0v) is 12.5. The first-order valence-electron chi connectivity index (χ1n) is 6.84.